The molecular weight excluding hydrogens is 332 g/mol. The van der Waals surface area contributed by atoms with E-state index >= 15 is 0 Å². The van der Waals surface area contributed by atoms with Crippen LogP contribution in [0.3, 0.4) is 0 Å². The molecular formula is C15H11BrN4O. The number of aryl methyl sites for hydroxylation is 1. The van der Waals surface area contributed by atoms with Gasteiger partial charge < -0.3 is 0 Å². The third-order valence-electron chi connectivity index (χ3n) is 2.96. The van der Waals surface area contributed by atoms with Gasteiger partial charge in [0, 0.05) is 10.7 Å². The molecule has 104 valence electrons. The summed E-state index contributed by atoms with van der Waals surface area (Å²) in [4.78, 5) is 21.0. The Kier molecular flexibility index (Phi) is 3.62. The monoisotopic (exact) mass is 342 g/mol. The first-order valence-electron chi connectivity index (χ1n) is 6.29. The maximum atomic E-state index is 12.5. The minimum absolute atomic E-state index is 0.203. The second-order valence-corrected chi connectivity index (χ2v) is 5.35. The van der Waals surface area contributed by atoms with Crippen LogP contribution >= 0.6 is 15.9 Å². The van der Waals surface area contributed by atoms with E-state index in [4.69, 9.17) is 0 Å². The van der Waals surface area contributed by atoms with Crippen molar-refractivity contribution in [1.82, 2.24) is 14.6 Å². The number of hydrogen-bond acceptors (Lipinski definition) is 4. The van der Waals surface area contributed by atoms with E-state index in [1.807, 2.05) is 24.3 Å². The van der Waals surface area contributed by atoms with Crippen LogP contribution in [0.4, 0.5) is 0 Å². The number of aromatic nitrogens is 3. The van der Waals surface area contributed by atoms with Crippen molar-refractivity contribution in [2.75, 3.05) is 0 Å². The molecule has 0 bridgehead atoms. The maximum Gasteiger partial charge on any atom is 0.282 e. The van der Waals surface area contributed by atoms with Crippen molar-refractivity contribution in [1.29, 1.82) is 0 Å². The Balaban J connectivity index is 2.14. The summed E-state index contributed by atoms with van der Waals surface area (Å²) in [5, 5.41) is 4.72. The summed E-state index contributed by atoms with van der Waals surface area (Å²) in [6.45, 7) is 1.75. The Bertz CT molecular complexity index is 887. The fourth-order valence-electron chi connectivity index (χ4n) is 1.97. The highest BCUT2D eigenvalue weighted by Crippen LogP contribution is 2.15. The maximum absolute atomic E-state index is 12.5. The van der Waals surface area contributed by atoms with Gasteiger partial charge in [-0.3, -0.25) is 9.78 Å². The van der Waals surface area contributed by atoms with Crippen LogP contribution in [-0.4, -0.2) is 20.9 Å². The molecule has 0 aliphatic heterocycles. The second-order valence-electron chi connectivity index (χ2n) is 4.44. The van der Waals surface area contributed by atoms with Crippen LogP contribution in [-0.2, 0) is 0 Å². The lowest BCUT2D eigenvalue weighted by Gasteiger charge is -2.05. The molecule has 1 aromatic carbocycles. The SMILES string of the molecule is Cc1nc2ccc(Br)cc2c(=O)n1N=Cc1ccccn1. The second kappa shape index (κ2) is 5.57. The summed E-state index contributed by atoms with van der Waals surface area (Å²) in [5.74, 6) is 0.530. The summed E-state index contributed by atoms with van der Waals surface area (Å²) >= 11 is 3.36. The Morgan fingerprint density at radius 3 is 2.90 bits per heavy atom. The molecule has 0 amide bonds. The van der Waals surface area contributed by atoms with Crippen LogP contribution in [0.15, 0.2) is 57.0 Å². The van der Waals surface area contributed by atoms with Crippen molar-refractivity contribution in [2.45, 2.75) is 6.92 Å². The molecule has 3 aromatic rings. The Hall–Kier alpha value is -2.34. The van der Waals surface area contributed by atoms with E-state index < -0.39 is 0 Å². The third-order valence-corrected chi connectivity index (χ3v) is 3.46. The molecule has 0 saturated carbocycles. The van der Waals surface area contributed by atoms with Gasteiger partial charge in [0.1, 0.15) is 5.82 Å². The largest absolute Gasteiger partial charge is 0.282 e. The van der Waals surface area contributed by atoms with Gasteiger partial charge in [-0.05, 0) is 37.3 Å². The molecule has 5 nitrogen and oxygen atoms in total. The number of nitrogens with zero attached hydrogens (tertiary/aromatic N) is 4. The van der Waals surface area contributed by atoms with Crippen LogP contribution < -0.4 is 5.56 Å². The van der Waals surface area contributed by atoms with E-state index in [0.29, 0.717) is 22.4 Å². The topological polar surface area (TPSA) is 60.1 Å². The lowest BCUT2D eigenvalue weighted by atomic mass is 10.2. The van der Waals surface area contributed by atoms with Gasteiger partial charge in [-0.15, -0.1) is 0 Å². The summed E-state index contributed by atoms with van der Waals surface area (Å²) in [5.41, 5.74) is 1.13. The molecule has 0 spiro atoms. The van der Waals surface area contributed by atoms with Gasteiger partial charge in [0.25, 0.3) is 5.56 Å². The van der Waals surface area contributed by atoms with E-state index in [2.05, 4.69) is 31.0 Å². The molecule has 2 aromatic heterocycles. The molecule has 0 aliphatic rings. The minimum Gasteiger partial charge on any atom is -0.267 e. The van der Waals surface area contributed by atoms with Crippen molar-refractivity contribution >= 4 is 33.0 Å². The van der Waals surface area contributed by atoms with E-state index in [1.54, 1.807) is 31.5 Å². The van der Waals surface area contributed by atoms with Gasteiger partial charge in [-0.1, -0.05) is 22.0 Å². The van der Waals surface area contributed by atoms with Crippen LogP contribution in [0, 0.1) is 6.92 Å². The molecule has 0 atom stereocenters. The molecule has 3 rings (SSSR count). The van der Waals surface area contributed by atoms with Crippen molar-refractivity contribution in [3.63, 3.8) is 0 Å². The fraction of sp³-hybridized carbons (Fsp3) is 0.0667. The Morgan fingerprint density at radius 2 is 2.14 bits per heavy atom. The predicted molar refractivity (Wildman–Crippen MR) is 85.7 cm³/mol. The van der Waals surface area contributed by atoms with Crippen LogP contribution in [0.5, 0.6) is 0 Å². The highest BCUT2D eigenvalue weighted by Gasteiger charge is 2.07. The zero-order chi connectivity index (χ0) is 14.8. The standard InChI is InChI=1S/C15H11BrN4O/c1-10-19-14-6-5-11(16)8-13(14)15(21)20(10)18-9-12-4-2-3-7-17-12/h2-9H,1H3. The molecule has 0 fully saturated rings. The number of rotatable bonds is 2. The smallest absolute Gasteiger partial charge is 0.267 e. The first-order chi connectivity index (χ1) is 10.1. The molecule has 21 heavy (non-hydrogen) atoms. The lowest BCUT2D eigenvalue weighted by molar-refractivity contribution is 0.770. The highest BCUT2D eigenvalue weighted by atomic mass is 79.9. The zero-order valence-corrected chi connectivity index (χ0v) is 12.8. The van der Waals surface area contributed by atoms with Crippen molar-refractivity contribution < 1.29 is 0 Å². The van der Waals surface area contributed by atoms with E-state index in [-0.39, 0.29) is 5.56 Å². The van der Waals surface area contributed by atoms with Crippen LogP contribution in [0.1, 0.15) is 11.5 Å². The first-order valence-corrected chi connectivity index (χ1v) is 7.09. The number of hydrogen-bond donors (Lipinski definition) is 0. The fourth-order valence-corrected chi connectivity index (χ4v) is 2.33. The Morgan fingerprint density at radius 1 is 1.29 bits per heavy atom. The predicted octanol–water partition coefficient (Wildman–Crippen LogP) is 2.74. The van der Waals surface area contributed by atoms with Crippen LogP contribution in [0.2, 0.25) is 0 Å². The summed E-state index contributed by atoms with van der Waals surface area (Å²) in [6, 6.07) is 10.9. The lowest BCUT2D eigenvalue weighted by Crippen LogP contribution is -2.20. The molecule has 0 N–H and O–H groups in total. The molecule has 2 heterocycles. The first kappa shape index (κ1) is 13.6. The Labute approximate surface area is 129 Å². The van der Waals surface area contributed by atoms with Gasteiger partial charge >= 0.3 is 0 Å². The number of halogens is 1. The van der Waals surface area contributed by atoms with Crippen LogP contribution in [0.25, 0.3) is 10.9 Å². The van der Waals surface area contributed by atoms with E-state index in [9.17, 15) is 4.79 Å². The van der Waals surface area contributed by atoms with Gasteiger partial charge in [-0.25, -0.2) is 4.98 Å². The highest BCUT2D eigenvalue weighted by molar-refractivity contribution is 9.10. The van der Waals surface area contributed by atoms with Gasteiger partial charge in [0.15, 0.2) is 0 Å². The average Bonchev–Trinajstić information content (AvgIpc) is 2.49. The molecule has 0 radical (unpaired) electrons. The van der Waals surface area contributed by atoms with Gasteiger partial charge in [0.2, 0.25) is 0 Å². The molecule has 6 heteroatoms. The van der Waals surface area contributed by atoms with Crippen molar-refractivity contribution in [3.05, 3.63) is 68.9 Å². The number of benzene rings is 1. The van der Waals surface area contributed by atoms with E-state index in [1.165, 1.54) is 4.68 Å². The summed E-state index contributed by atoms with van der Waals surface area (Å²) in [6.07, 6.45) is 3.21. The van der Waals surface area contributed by atoms with Gasteiger partial charge in [-0.2, -0.15) is 9.78 Å². The molecule has 0 aliphatic carbocycles. The molecule has 0 saturated heterocycles. The normalized spacial score (nSPS) is 11.3. The van der Waals surface area contributed by atoms with Crippen molar-refractivity contribution in [3.8, 4) is 0 Å². The zero-order valence-electron chi connectivity index (χ0n) is 11.2. The minimum atomic E-state index is -0.203. The number of fused-ring (bicyclic) bond motifs is 1. The summed E-state index contributed by atoms with van der Waals surface area (Å²) in [7, 11) is 0. The van der Waals surface area contributed by atoms with Crippen molar-refractivity contribution in [2.24, 2.45) is 5.10 Å². The van der Waals surface area contributed by atoms with Gasteiger partial charge in [0.05, 0.1) is 22.8 Å². The molecule has 0 unspecified atom stereocenters. The summed E-state index contributed by atoms with van der Waals surface area (Å²) < 4.78 is 2.11. The number of pyridine rings is 1. The average molecular weight is 343 g/mol. The van der Waals surface area contributed by atoms with E-state index in [0.717, 1.165) is 4.47 Å². The third kappa shape index (κ3) is 2.75. The quantitative estimate of drug-likeness (QED) is 0.672.